The third-order valence-electron chi connectivity index (χ3n) is 4.04. The first-order chi connectivity index (χ1) is 8.36. The van der Waals surface area contributed by atoms with E-state index in [1.165, 1.54) is 0 Å². The molecule has 98 valence electrons. The second kappa shape index (κ2) is 3.78. The first-order valence-electron chi connectivity index (χ1n) is 5.54. The molecule has 1 aliphatic heterocycles. The molecule has 0 aromatic heterocycles. The van der Waals surface area contributed by atoms with Gasteiger partial charge in [0.05, 0.1) is 15.8 Å². The summed E-state index contributed by atoms with van der Waals surface area (Å²) >= 11 is 25.1. The van der Waals surface area contributed by atoms with Crippen LogP contribution in [0.25, 0.3) is 0 Å². The van der Waals surface area contributed by atoms with Crippen LogP contribution in [0.15, 0.2) is 15.2 Å². The van der Waals surface area contributed by atoms with Gasteiger partial charge < -0.3 is 4.84 Å². The SMILES string of the molecule is C[C@H]1[C@H](C2=NOCC2)C2(Cl)C(=O)C1(Cl)C(Cl)=C2Cl. The quantitative estimate of drug-likeness (QED) is 0.693. The van der Waals surface area contributed by atoms with Crippen LogP contribution in [-0.4, -0.2) is 27.9 Å². The smallest absolute Gasteiger partial charge is 0.186 e. The van der Waals surface area contributed by atoms with E-state index in [0.29, 0.717) is 13.0 Å². The lowest BCUT2D eigenvalue weighted by Crippen LogP contribution is -2.40. The fourth-order valence-corrected chi connectivity index (χ4v) is 4.93. The number of hydrogen-bond donors (Lipinski definition) is 0. The molecule has 0 N–H and O–H groups in total. The van der Waals surface area contributed by atoms with E-state index >= 15 is 0 Å². The molecule has 0 saturated heterocycles. The van der Waals surface area contributed by atoms with E-state index in [0.717, 1.165) is 5.71 Å². The molecular formula is C11H9Cl4NO2. The Hall–Kier alpha value is 0.0400. The molecule has 3 aliphatic rings. The first-order valence-corrected chi connectivity index (χ1v) is 7.05. The summed E-state index contributed by atoms with van der Waals surface area (Å²) in [6.45, 7) is 2.33. The number of carbonyl (C=O) groups is 1. The van der Waals surface area contributed by atoms with Crippen molar-refractivity contribution in [1.29, 1.82) is 0 Å². The number of nitrogens with zero attached hydrogens (tertiary/aromatic N) is 1. The lowest BCUT2D eigenvalue weighted by atomic mass is 9.79. The van der Waals surface area contributed by atoms with Gasteiger partial charge in [0.1, 0.15) is 16.4 Å². The van der Waals surface area contributed by atoms with Crippen molar-refractivity contribution in [3.8, 4) is 0 Å². The zero-order valence-corrected chi connectivity index (χ0v) is 12.4. The van der Waals surface area contributed by atoms with Crippen molar-refractivity contribution in [2.24, 2.45) is 17.0 Å². The number of alkyl halides is 2. The zero-order valence-electron chi connectivity index (χ0n) is 9.34. The Bertz CT molecular complexity index is 517. The Labute approximate surface area is 124 Å². The Kier molecular flexibility index (Phi) is 2.74. The highest BCUT2D eigenvalue weighted by Crippen LogP contribution is 2.66. The van der Waals surface area contributed by atoms with Crippen molar-refractivity contribution in [2.45, 2.75) is 23.1 Å². The van der Waals surface area contributed by atoms with Crippen LogP contribution in [0, 0.1) is 11.8 Å². The Morgan fingerprint density at radius 3 is 2.39 bits per heavy atom. The van der Waals surface area contributed by atoms with Crippen molar-refractivity contribution < 1.29 is 9.63 Å². The molecule has 2 bridgehead atoms. The van der Waals surface area contributed by atoms with Gasteiger partial charge in [0.15, 0.2) is 5.78 Å². The van der Waals surface area contributed by atoms with Crippen LogP contribution in [0.2, 0.25) is 0 Å². The lowest BCUT2D eigenvalue weighted by Gasteiger charge is -2.33. The van der Waals surface area contributed by atoms with Crippen LogP contribution in [0.1, 0.15) is 13.3 Å². The number of oxime groups is 1. The fraction of sp³-hybridized carbons (Fsp3) is 0.636. The fourth-order valence-electron chi connectivity index (χ4n) is 3.10. The molecule has 1 heterocycles. The lowest BCUT2D eigenvalue weighted by molar-refractivity contribution is -0.119. The third-order valence-corrected chi connectivity index (χ3v) is 6.60. The van der Waals surface area contributed by atoms with Gasteiger partial charge in [0.2, 0.25) is 0 Å². The predicted molar refractivity (Wildman–Crippen MR) is 71.6 cm³/mol. The maximum Gasteiger partial charge on any atom is 0.186 e. The number of Topliss-reactive ketones (excluding diaryl/α,β-unsaturated/α-hetero) is 1. The largest absolute Gasteiger partial charge is 0.395 e. The summed E-state index contributed by atoms with van der Waals surface area (Å²) in [5.41, 5.74) is 0.732. The van der Waals surface area contributed by atoms with Crippen molar-refractivity contribution in [2.75, 3.05) is 6.61 Å². The van der Waals surface area contributed by atoms with Crippen molar-refractivity contribution in [1.82, 2.24) is 0 Å². The molecule has 0 aromatic rings. The minimum absolute atomic E-state index is 0.128. The van der Waals surface area contributed by atoms with Gasteiger partial charge in [-0.15, -0.1) is 23.2 Å². The minimum Gasteiger partial charge on any atom is -0.395 e. The van der Waals surface area contributed by atoms with Gasteiger partial charge in [0, 0.05) is 12.3 Å². The molecule has 7 heteroatoms. The third kappa shape index (κ3) is 1.20. The van der Waals surface area contributed by atoms with Gasteiger partial charge in [-0.1, -0.05) is 35.3 Å². The van der Waals surface area contributed by atoms with Crippen LogP contribution in [-0.2, 0) is 9.63 Å². The minimum atomic E-state index is -1.38. The summed E-state index contributed by atoms with van der Waals surface area (Å²) in [5.74, 6) is -0.971. The van der Waals surface area contributed by atoms with Gasteiger partial charge in [-0.25, -0.2) is 0 Å². The molecule has 3 nitrogen and oxygen atoms in total. The zero-order chi connectivity index (χ0) is 13.3. The normalized spacial score (nSPS) is 46.7. The first kappa shape index (κ1) is 13.0. The number of hydrogen-bond acceptors (Lipinski definition) is 3. The molecule has 0 amide bonds. The van der Waals surface area contributed by atoms with Gasteiger partial charge >= 0.3 is 0 Å². The maximum atomic E-state index is 12.4. The van der Waals surface area contributed by atoms with Crippen LogP contribution < -0.4 is 0 Å². The Morgan fingerprint density at radius 1 is 1.28 bits per heavy atom. The van der Waals surface area contributed by atoms with Crippen molar-refractivity contribution in [3.63, 3.8) is 0 Å². The summed E-state index contributed by atoms with van der Waals surface area (Å²) < 4.78 is 0. The standard InChI is InChI=1S/C11H9Cl4NO2/c1-4-6(5-2-3-18-16-5)11(15)8(13)7(12)10(4,14)9(11)17/h4,6H,2-3H2,1H3/t4-,6+,10?,11?/m0/s1. The molecule has 3 rings (SSSR count). The summed E-state index contributed by atoms with van der Waals surface area (Å²) in [6.07, 6.45) is 0.630. The molecule has 2 aliphatic carbocycles. The summed E-state index contributed by atoms with van der Waals surface area (Å²) in [6, 6.07) is 0. The van der Waals surface area contributed by atoms with Gasteiger partial charge in [0.25, 0.3) is 0 Å². The topological polar surface area (TPSA) is 38.7 Å². The number of allylic oxidation sites excluding steroid dienone is 2. The van der Waals surface area contributed by atoms with Crippen molar-refractivity contribution in [3.05, 3.63) is 10.1 Å². The maximum absolute atomic E-state index is 12.4. The number of carbonyl (C=O) groups excluding carboxylic acids is 1. The second-order valence-corrected chi connectivity index (χ2v) is 6.76. The van der Waals surface area contributed by atoms with E-state index in [1.54, 1.807) is 0 Å². The van der Waals surface area contributed by atoms with Gasteiger partial charge in [-0.3, -0.25) is 4.79 Å². The Balaban J connectivity index is 2.19. The van der Waals surface area contributed by atoms with E-state index in [4.69, 9.17) is 51.2 Å². The summed E-state index contributed by atoms with van der Waals surface area (Å²) in [5, 5.41) is 4.23. The van der Waals surface area contributed by atoms with Crippen molar-refractivity contribution >= 4 is 57.9 Å². The molecule has 0 spiro atoms. The monoisotopic (exact) mass is 327 g/mol. The highest BCUT2D eigenvalue weighted by Gasteiger charge is 2.75. The molecule has 0 radical (unpaired) electrons. The molecule has 4 atom stereocenters. The van der Waals surface area contributed by atoms with E-state index in [2.05, 4.69) is 5.16 Å². The number of ketones is 1. The van der Waals surface area contributed by atoms with E-state index in [1.807, 2.05) is 6.92 Å². The number of fused-ring (bicyclic) bond motifs is 2. The van der Waals surface area contributed by atoms with Crippen LogP contribution >= 0.6 is 46.4 Å². The number of halogens is 4. The highest BCUT2D eigenvalue weighted by molar-refractivity contribution is 6.63. The van der Waals surface area contributed by atoms with Crippen LogP contribution in [0.3, 0.4) is 0 Å². The average Bonchev–Trinajstić information content (AvgIpc) is 2.94. The molecule has 18 heavy (non-hydrogen) atoms. The number of rotatable bonds is 1. The van der Waals surface area contributed by atoms with Crippen LogP contribution in [0.5, 0.6) is 0 Å². The van der Waals surface area contributed by atoms with E-state index < -0.39 is 9.75 Å². The molecule has 2 unspecified atom stereocenters. The molecular weight excluding hydrogens is 320 g/mol. The van der Waals surface area contributed by atoms with Gasteiger partial charge in [-0.05, 0) is 5.92 Å². The molecule has 1 fully saturated rings. The molecule has 0 aromatic carbocycles. The van der Waals surface area contributed by atoms with E-state index in [9.17, 15) is 4.79 Å². The summed E-state index contributed by atoms with van der Waals surface area (Å²) in [7, 11) is 0. The predicted octanol–water partition coefficient (Wildman–Crippen LogP) is 3.26. The van der Waals surface area contributed by atoms with E-state index in [-0.39, 0.29) is 27.7 Å². The molecule has 1 saturated carbocycles. The second-order valence-electron chi connectivity index (χ2n) is 4.81. The summed E-state index contributed by atoms with van der Waals surface area (Å²) in [4.78, 5) is 14.7. The Morgan fingerprint density at radius 2 is 1.89 bits per heavy atom. The van der Waals surface area contributed by atoms with Gasteiger partial charge in [-0.2, -0.15) is 0 Å². The van der Waals surface area contributed by atoms with Crippen LogP contribution in [0.4, 0.5) is 0 Å². The highest BCUT2D eigenvalue weighted by atomic mass is 35.5. The average molecular weight is 329 g/mol.